The van der Waals surface area contributed by atoms with Gasteiger partial charge in [-0.25, -0.2) is 9.37 Å². The van der Waals surface area contributed by atoms with Gasteiger partial charge in [0.05, 0.1) is 5.69 Å². The van der Waals surface area contributed by atoms with Crippen molar-refractivity contribution < 1.29 is 4.39 Å². The summed E-state index contributed by atoms with van der Waals surface area (Å²) in [5, 5.41) is 3.03. The van der Waals surface area contributed by atoms with Crippen LogP contribution in [-0.2, 0) is 0 Å². The molecule has 5 nitrogen and oxygen atoms in total. The van der Waals surface area contributed by atoms with Gasteiger partial charge < -0.3 is 10.6 Å². The third-order valence-electron chi connectivity index (χ3n) is 4.06. The molecule has 0 saturated carbocycles. The lowest BCUT2D eigenvalue weighted by molar-refractivity contribution is 0.632. The van der Waals surface area contributed by atoms with Crippen LogP contribution in [0.3, 0.4) is 0 Å². The van der Waals surface area contributed by atoms with Crippen LogP contribution in [-0.4, -0.2) is 18.1 Å². The van der Waals surface area contributed by atoms with Gasteiger partial charge in [0.2, 0.25) is 0 Å². The van der Waals surface area contributed by atoms with Crippen molar-refractivity contribution in [2.45, 2.75) is 12.8 Å². The van der Waals surface area contributed by atoms with Gasteiger partial charge in [-0.05, 0) is 54.4 Å². The number of nitrogens with zero attached hydrogens (tertiary/aromatic N) is 3. The van der Waals surface area contributed by atoms with Crippen molar-refractivity contribution in [1.82, 2.24) is 4.98 Å². The SMILES string of the molecule is Nc1ccc(C#CC=C2CCN(c3ncccc3N=O)CC2)cc1F. The largest absolute Gasteiger partial charge is 0.396 e. The smallest absolute Gasteiger partial charge is 0.158 e. The second kappa shape index (κ2) is 7.58. The molecule has 1 aliphatic heterocycles. The first-order chi connectivity index (χ1) is 12.2. The lowest BCUT2D eigenvalue weighted by Gasteiger charge is -2.29. The zero-order chi connectivity index (χ0) is 17.6. The molecule has 0 bridgehead atoms. The molecule has 1 aromatic heterocycles. The predicted molar refractivity (Wildman–Crippen MR) is 96.9 cm³/mol. The summed E-state index contributed by atoms with van der Waals surface area (Å²) in [6.07, 6.45) is 5.20. The van der Waals surface area contributed by atoms with E-state index in [4.69, 9.17) is 5.73 Å². The number of piperidine rings is 1. The summed E-state index contributed by atoms with van der Waals surface area (Å²) in [5.74, 6) is 6.06. The first-order valence-corrected chi connectivity index (χ1v) is 7.95. The zero-order valence-corrected chi connectivity index (χ0v) is 13.6. The molecule has 2 N–H and O–H groups in total. The highest BCUT2D eigenvalue weighted by Crippen LogP contribution is 2.28. The summed E-state index contributed by atoms with van der Waals surface area (Å²) in [6.45, 7) is 1.51. The number of hydrogen-bond acceptors (Lipinski definition) is 5. The number of nitrogen functional groups attached to an aromatic ring is 1. The summed E-state index contributed by atoms with van der Waals surface area (Å²) in [6, 6.07) is 7.90. The summed E-state index contributed by atoms with van der Waals surface area (Å²) in [4.78, 5) is 17.2. The van der Waals surface area contributed by atoms with Crippen LogP contribution in [0.25, 0.3) is 0 Å². The number of rotatable bonds is 2. The standard InChI is InChI=1S/C19H17FN4O/c20-16-13-15(6-7-17(16)21)4-1-3-14-8-11-24(12-9-14)19-18(23-25)5-2-10-22-19/h2-3,5-7,10,13H,8-9,11-12,21H2. The van der Waals surface area contributed by atoms with Crippen LogP contribution >= 0.6 is 0 Å². The summed E-state index contributed by atoms with van der Waals surface area (Å²) >= 11 is 0. The number of anilines is 2. The molecule has 0 radical (unpaired) electrons. The molecule has 2 aromatic rings. The molecule has 0 atom stereocenters. The van der Waals surface area contributed by atoms with E-state index in [0.717, 1.165) is 25.9 Å². The van der Waals surface area contributed by atoms with Gasteiger partial charge in [-0.1, -0.05) is 17.4 Å². The Kier molecular flexibility index (Phi) is 5.05. The molecule has 126 valence electrons. The average molecular weight is 336 g/mol. The number of aromatic nitrogens is 1. The first-order valence-electron chi connectivity index (χ1n) is 7.95. The van der Waals surface area contributed by atoms with Crippen LogP contribution in [0.1, 0.15) is 18.4 Å². The van der Waals surface area contributed by atoms with E-state index in [1.165, 1.54) is 17.7 Å². The molecule has 25 heavy (non-hydrogen) atoms. The monoisotopic (exact) mass is 336 g/mol. The maximum absolute atomic E-state index is 13.4. The highest BCUT2D eigenvalue weighted by molar-refractivity contribution is 5.61. The Hall–Kier alpha value is -3.20. The number of allylic oxidation sites excluding steroid dienone is 1. The minimum Gasteiger partial charge on any atom is -0.396 e. The second-order valence-electron chi connectivity index (χ2n) is 5.73. The maximum Gasteiger partial charge on any atom is 0.158 e. The van der Waals surface area contributed by atoms with Crippen molar-refractivity contribution in [3.8, 4) is 11.8 Å². The van der Waals surface area contributed by atoms with Crippen LogP contribution in [0.15, 0.2) is 53.4 Å². The molecule has 1 aliphatic rings. The third kappa shape index (κ3) is 4.01. The Morgan fingerprint density at radius 3 is 2.80 bits per heavy atom. The Labute approximate surface area is 145 Å². The topological polar surface area (TPSA) is 71.6 Å². The number of nitrogens with two attached hydrogens (primary N) is 1. The molecular weight excluding hydrogens is 319 g/mol. The minimum absolute atomic E-state index is 0.120. The van der Waals surface area contributed by atoms with Crippen molar-refractivity contribution in [2.75, 3.05) is 23.7 Å². The number of hydrogen-bond donors (Lipinski definition) is 1. The van der Waals surface area contributed by atoms with Crippen LogP contribution in [0.5, 0.6) is 0 Å². The van der Waals surface area contributed by atoms with E-state index in [0.29, 0.717) is 17.1 Å². The molecule has 0 amide bonds. The van der Waals surface area contributed by atoms with Crippen LogP contribution in [0.4, 0.5) is 21.6 Å². The third-order valence-corrected chi connectivity index (χ3v) is 4.06. The number of nitroso groups, excluding NO2 is 1. The minimum atomic E-state index is -0.456. The fraction of sp³-hybridized carbons (Fsp3) is 0.211. The lowest BCUT2D eigenvalue weighted by atomic mass is 10.0. The van der Waals surface area contributed by atoms with Crippen LogP contribution in [0, 0.1) is 22.6 Å². The first kappa shape index (κ1) is 16.7. The Balaban J connectivity index is 1.64. The quantitative estimate of drug-likeness (QED) is 0.515. The van der Waals surface area contributed by atoms with Gasteiger partial charge in [-0.2, -0.15) is 0 Å². The van der Waals surface area contributed by atoms with Crippen molar-refractivity contribution in [2.24, 2.45) is 5.18 Å². The Morgan fingerprint density at radius 2 is 2.08 bits per heavy atom. The molecular formula is C19H17FN4O. The fourth-order valence-corrected chi connectivity index (χ4v) is 2.68. The molecule has 2 heterocycles. The summed E-state index contributed by atoms with van der Waals surface area (Å²) < 4.78 is 13.4. The predicted octanol–water partition coefficient (Wildman–Crippen LogP) is 3.78. The molecule has 6 heteroatoms. The lowest BCUT2D eigenvalue weighted by Crippen LogP contribution is -2.31. The molecule has 1 saturated heterocycles. The van der Waals surface area contributed by atoms with E-state index in [2.05, 4.69) is 26.9 Å². The van der Waals surface area contributed by atoms with Gasteiger partial charge in [0.25, 0.3) is 0 Å². The maximum atomic E-state index is 13.4. The van der Waals surface area contributed by atoms with E-state index in [1.807, 2.05) is 6.08 Å². The fourth-order valence-electron chi connectivity index (χ4n) is 2.68. The van der Waals surface area contributed by atoms with Crippen molar-refractivity contribution in [3.63, 3.8) is 0 Å². The molecule has 1 aromatic carbocycles. The zero-order valence-electron chi connectivity index (χ0n) is 13.6. The summed E-state index contributed by atoms with van der Waals surface area (Å²) in [7, 11) is 0. The molecule has 0 unspecified atom stereocenters. The van der Waals surface area contributed by atoms with E-state index in [-0.39, 0.29) is 5.69 Å². The normalized spacial score (nSPS) is 13.8. The Morgan fingerprint density at radius 1 is 1.28 bits per heavy atom. The van der Waals surface area contributed by atoms with E-state index >= 15 is 0 Å². The van der Waals surface area contributed by atoms with Gasteiger partial charge in [0.1, 0.15) is 11.5 Å². The molecule has 0 spiro atoms. The average Bonchev–Trinajstić information content (AvgIpc) is 2.65. The molecule has 3 rings (SSSR count). The highest BCUT2D eigenvalue weighted by atomic mass is 19.1. The molecule has 1 fully saturated rings. The van der Waals surface area contributed by atoms with Gasteiger partial charge in [0.15, 0.2) is 5.82 Å². The van der Waals surface area contributed by atoms with Crippen molar-refractivity contribution >= 4 is 17.2 Å². The van der Waals surface area contributed by atoms with E-state index in [9.17, 15) is 9.30 Å². The van der Waals surface area contributed by atoms with E-state index < -0.39 is 5.82 Å². The van der Waals surface area contributed by atoms with Crippen molar-refractivity contribution in [3.05, 3.63) is 64.5 Å². The van der Waals surface area contributed by atoms with Crippen LogP contribution in [0.2, 0.25) is 0 Å². The number of pyridine rings is 1. The van der Waals surface area contributed by atoms with E-state index in [1.54, 1.807) is 24.4 Å². The highest BCUT2D eigenvalue weighted by Gasteiger charge is 2.18. The van der Waals surface area contributed by atoms with Gasteiger partial charge >= 0.3 is 0 Å². The molecule has 0 aliphatic carbocycles. The van der Waals surface area contributed by atoms with Gasteiger partial charge in [0, 0.05) is 24.8 Å². The summed E-state index contributed by atoms with van der Waals surface area (Å²) in [5.41, 5.74) is 7.74. The number of benzene rings is 1. The second-order valence-corrected chi connectivity index (χ2v) is 5.73. The number of halogens is 1. The van der Waals surface area contributed by atoms with Gasteiger partial charge in [-0.15, -0.1) is 4.91 Å². The van der Waals surface area contributed by atoms with Crippen LogP contribution < -0.4 is 10.6 Å². The van der Waals surface area contributed by atoms with Crippen molar-refractivity contribution in [1.29, 1.82) is 0 Å². The van der Waals surface area contributed by atoms with Gasteiger partial charge in [-0.3, -0.25) is 0 Å². The Bertz CT molecular complexity index is 872.